The molecule has 0 aliphatic carbocycles. The monoisotopic (exact) mass is 397 g/mol. The van der Waals surface area contributed by atoms with Crippen LogP contribution < -0.4 is 4.74 Å². The van der Waals surface area contributed by atoms with Gasteiger partial charge in [-0.3, -0.25) is 4.79 Å². The molecule has 2 heterocycles. The first kappa shape index (κ1) is 18.8. The number of aromatic amines is 1. The number of imidazole rings is 1. The third-order valence-corrected chi connectivity index (χ3v) is 5.53. The smallest absolute Gasteiger partial charge is 0.223 e. The van der Waals surface area contributed by atoms with E-state index < -0.39 is 0 Å². The van der Waals surface area contributed by atoms with E-state index in [1.165, 1.54) is 0 Å². The number of rotatable bonds is 6. The number of nitrogens with zero attached hydrogens (tertiary/aromatic N) is 2. The topological polar surface area (TPSA) is 58.2 Å². The number of piperidine rings is 1. The predicted octanol–water partition coefficient (Wildman–Crippen LogP) is 4.47. The number of benzene rings is 2. The molecule has 5 nitrogen and oxygen atoms in total. The number of carbonyl (C=O) groups is 1. The fourth-order valence-corrected chi connectivity index (χ4v) is 3.73. The molecular weight excluding hydrogens is 374 g/mol. The van der Waals surface area contributed by atoms with Gasteiger partial charge in [-0.1, -0.05) is 23.7 Å². The SMILES string of the molecule is O=C(CCc1nc2ccccc2[nH]1)N1CCC(COc2ccc(Cl)cc2)CC1. The van der Waals surface area contributed by atoms with Gasteiger partial charge in [-0.2, -0.15) is 0 Å². The van der Waals surface area contributed by atoms with Crippen molar-refractivity contribution in [2.24, 2.45) is 5.92 Å². The Balaban J connectivity index is 1.20. The summed E-state index contributed by atoms with van der Waals surface area (Å²) in [6, 6.07) is 15.4. The first-order valence-corrected chi connectivity index (χ1v) is 10.1. The standard InChI is InChI=1S/C22H24ClN3O2/c23-17-5-7-18(8-6-17)28-15-16-11-13-26(14-12-16)22(27)10-9-21-24-19-3-1-2-4-20(19)25-21/h1-8,16H,9-15H2,(H,24,25). The van der Waals surface area contributed by atoms with E-state index in [1.54, 1.807) is 0 Å². The first-order chi connectivity index (χ1) is 13.7. The van der Waals surface area contributed by atoms with E-state index in [1.807, 2.05) is 53.4 Å². The number of hydrogen-bond acceptors (Lipinski definition) is 3. The number of hydrogen-bond donors (Lipinski definition) is 1. The van der Waals surface area contributed by atoms with E-state index in [9.17, 15) is 4.79 Å². The zero-order valence-corrected chi connectivity index (χ0v) is 16.5. The Bertz CT molecular complexity index is 897. The second-order valence-electron chi connectivity index (χ2n) is 7.29. The van der Waals surface area contributed by atoms with E-state index in [4.69, 9.17) is 16.3 Å². The maximum absolute atomic E-state index is 12.5. The molecule has 4 rings (SSSR count). The fraction of sp³-hybridized carbons (Fsp3) is 0.364. The van der Waals surface area contributed by atoms with Crippen LogP contribution in [0.4, 0.5) is 0 Å². The summed E-state index contributed by atoms with van der Waals surface area (Å²) in [5, 5.41) is 0.710. The van der Waals surface area contributed by atoms with Gasteiger partial charge in [0.25, 0.3) is 0 Å². The Labute approximate surface area is 169 Å². The van der Waals surface area contributed by atoms with Crippen molar-refractivity contribution in [2.75, 3.05) is 19.7 Å². The number of fused-ring (bicyclic) bond motifs is 1. The molecule has 1 fully saturated rings. The molecule has 0 radical (unpaired) electrons. The van der Waals surface area contributed by atoms with Gasteiger partial charge in [0, 0.05) is 31.0 Å². The Hall–Kier alpha value is -2.53. The molecule has 1 amide bonds. The Morgan fingerprint density at radius 1 is 1.14 bits per heavy atom. The number of amides is 1. The molecule has 6 heteroatoms. The molecule has 1 aliphatic rings. The predicted molar refractivity (Wildman–Crippen MR) is 111 cm³/mol. The lowest BCUT2D eigenvalue weighted by atomic mass is 9.97. The van der Waals surface area contributed by atoms with Gasteiger partial charge in [0.2, 0.25) is 5.91 Å². The van der Waals surface area contributed by atoms with Gasteiger partial charge in [-0.25, -0.2) is 4.98 Å². The first-order valence-electron chi connectivity index (χ1n) is 9.77. The highest BCUT2D eigenvalue weighted by Crippen LogP contribution is 2.21. The zero-order chi connectivity index (χ0) is 19.3. The van der Waals surface area contributed by atoms with Gasteiger partial charge in [0.1, 0.15) is 11.6 Å². The number of carbonyl (C=O) groups excluding carboxylic acids is 1. The van der Waals surface area contributed by atoms with Gasteiger partial charge < -0.3 is 14.6 Å². The van der Waals surface area contributed by atoms with Crippen molar-refractivity contribution in [1.29, 1.82) is 0 Å². The number of likely N-dealkylation sites (tertiary alicyclic amines) is 1. The van der Waals surface area contributed by atoms with Crippen LogP contribution in [-0.2, 0) is 11.2 Å². The highest BCUT2D eigenvalue weighted by molar-refractivity contribution is 6.30. The minimum Gasteiger partial charge on any atom is -0.493 e. The molecule has 3 aromatic rings. The van der Waals surface area contributed by atoms with Crippen molar-refractivity contribution in [3.05, 3.63) is 59.4 Å². The molecular formula is C22H24ClN3O2. The second-order valence-corrected chi connectivity index (χ2v) is 7.73. The summed E-state index contributed by atoms with van der Waals surface area (Å²) in [5.74, 6) is 2.40. The number of ether oxygens (including phenoxy) is 1. The van der Waals surface area contributed by atoms with Crippen LogP contribution in [0.5, 0.6) is 5.75 Å². The summed E-state index contributed by atoms with van der Waals surface area (Å²) in [6.07, 6.45) is 3.09. The quantitative estimate of drug-likeness (QED) is 0.667. The Morgan fingerprint density at radius 3 is 2.64 bits per heavy atom. The van der Waals surface area contributed by atoms with Crippen LogP contribution in [0.2, 0.25) is 5.02 Å². The zero-order valence-electron chi connectivity index (χ0n) is 15.7. The molecule has 1 saturated heterocycles. The van der Waals surface area contributed by atoms with Crippen LogP contribution in [0.1, 0.15) is 25.1 Å². The lowest BCUT2D eigenvalue weighted by molar-refractivity contribution is -0.132. The van der Waals surface area contributed by atoms with Crippen molar-refractivity contribution in [3.8, 4) is 5.75 Å². The maximum atomic E-state index is 12.5. The molecule has 0 saturated carbocycles. The largest absolute Gasteiger partial charge is 0.493 e. The van der Waals surface area contributed by atoms with Gasteiger partial charge in [-0.05, 0) is 55.2 Å². The summed E-state index contributed by atoms with van der Waals surface area (Å²) >= 11 is 5.89. The average molecular weight is 398 g/mol. The Morgan fingerprint density at radius 2 is 1.89 bits per heavy atom. The van der Waals surface area contributed by atoms with Crippen LogP contribution in [0, 0.1) is 5.92 Å². The highest BCUT2D eigenvalue weighted by atomic mass is 35.5. The Kier molecular flexibility index (Phi) is 5.81. The summed E-state index contributed by atoms with van der Waals surface area (Å²) in [4.78, 5) is 22.4. The third kappa shape index (κ3) is 4.65. The highest BCUT2D eigenvalue weighted by Gasteiger charge is 2.23. The molecule has 146 valence electrons. The summed E-state index contributed by atoms with van der Waals surface area (Å²) < 4.78 is 5.86. The summed E-state index contributed by atoms with van der Waals surface area (Å²) in [6.45, 7) is 2.28. The number of halogens is 1. The number of aromatic nitrogens is 2. The van der Waals surface area contributed by atoms with Gasteiger partial charge >= 0.3 is 0 Å². The molecule has 2 aromatic carbocycles. The van der Waals surface area contributed by atoms with Gasteiger partial charge in [0.15, 0.2) is 0 Å². The van der Waals surface area contributed by atoms with Crippen molar-refractivity contribution in [3.63, 3.8) is 0 Å². The maximum Gasteiger partial charge on any atom is 0.223 e. The van der Waals surface area contributed by atoms with Crippen LogP contribution in [0.3, 0.4) is 0 Å². The van der Waals surface area contributed by atoms with Crippen molar-refractivity contribution >= 4 is 28.5 Å². The number of H-pyrrole nitrogens is 1. The average Bonchev–Trinajstić information content (AvgIpc) is 3.15. The van der Waals surface area contributed by atoms with Crippen LogP contribution in [-0.4, -0.2) is 40.5 Å². The lowest BCUT2D eigenvalue weighted by Gasteiger charge is -2.32. The van der Waals surface area contributed by atoms with Crippen LogP contribution >= 0.6 is 11.6 Å². The summed E-state index contributed by atoms with van der Waals surface area (Å²) in [5.41, 5.74) is 1.97. The van der Waals surface area contributed by atoms with E-state index in [2.05, 4.69) is 9.97 Å². The van der Waals surface area contributed by atoms with E-state index in [0.29, 0.717) is 30.4 Å². The van der Waals surface area contributed by atoms with Crippen molar-refractivity contribution < 1.29 is 9.53 Å². The van der Waals surface area contributed by atoms with Gasteiger partial charge in [-0.15, -0.1) is 0 Å². The molecule has 0 bridgehead atoms. The lowest BCUT2D eigenvalue weighted by Crippen LogP contribution is -2.39. The minimum atomic E-state index is 0.206. The van der Waals surface area contributed by atoms with E-state index in [-0.39, 0.29) is 5.91 Å². The molecule has 28 heavy (non-hydrogen) atoms. The minimum absolute atomic E-state index is 0.206. The van der Waals surface area contributed by atoms with Crippen LogP contribution in [0.15, 0.2) is 48.5 Å². The normalized spacial score (nSPS) is 15.1. The molecule has 1 aliphatic heterocycles. The molecule has 1 aromatic heterocycles. The molecule has 0 unspecified atom stereocenters. The van der Waals surface area contributed by atoms with Gasteiger partial charge in [0.05, 0.1) is 17.6 Å². The number of aryl methyl sites for hydroxylation is 1. The molecule has 0 spiro atoms. The third-order valence-electron chi connectivity index (χ3n) is 5.28. The molecule has 1 N–H and O–H groups in total. The van der Waals surface area contributed by atoms with Crippen molar-refractivity contribution in [1.82, 2.24) is 14.9 Å². The second kappa shape index (κ2) is 8.65. The number of para-hydroxylation sites is 2. The van der Waals surface area contributed by atoms with E-state index in [0.717, 1.165) is 48.5 Å². The summed E-state index contributed by atoms with van der Waals surface area (Å²) in [7, 11) is 0. The molecule has 0 atom stereocenters. The van der Waals surface area contributed by atoms with Crippen molar-refractivity contribution in [2.45, 2.75) is 25.7 Å². The van der Waals surface area contributed by atoms with E-state index >= 15 is 0 Å². The number of nitrogens with one attached hydrogen (secondary N) is 1. The van der Waals surface area contributed by atoms with Crippen LogP contribution in [0.25, 0.3) is 11.0 Å². The fourth-order valence-electron chi connectivity index (χ4n) is 3.60.